The molecule has 1 saturated carbocycles. The maximum absolute atomic E-state index is 11.3. The van der Waals surface area contributed by atoms with Gasteiger partial charge in [-0.3, -0.25) is 9.78 Å². The van der Waals surface area contributed by atoms with Gasteiger partial charge in [0.15, 0.2) is 0 Å². The maximum atomic E-state index is 11.3. The molecule has 0 atom stereocenters. The second kappa shape index (κ2) is 11.4. The summed E-state index contributed by atoms with van der Waals surface area (Å²) in [6.07, 6.45) is 13.7. The summed E-state index contributed by atoms with van der Waals surface area (Å²) in [5.41, 5.74) is 4.77. The van der Waals surface area contributed by atoms with Crippen molar-refractivity contribution in [3.05, 3.63) is 35.7 Å². The van der Waals surface area contributed by atoms with Crippen molar-refractivity contribution in [2.75, 3.05) is 13.1 Å². The van der Waals surface area contributed by atoms with Crippen molar-refractivity contribution in [3.63, 3.8) is 0 Å². The lowest BCUT2D eigenvalue weighted by molar-refractivity contribution is -0.130. The van der Waals surface area contributed by atoms with E-state index in [-0.39, 0.29) is 5.91 Å². The van der Waals surface area contributed by atoms with Crippen LogP contribution in [0.2, 0.25) is 0 Å². The number of hydrogen-bond acceptors (Lipinski definition) is 2. The van der Waals surface area contributed by atoms with E-state index in [2.05, 4.69) is 38.4 Å². The first-order chi connectivity index (χ1) is 13.4. The van der Waals surface area contributed by atoms with E-state index in [1.54, 1.807) is 6.92 Å². The first-order valence-electron chi connectivity index (χ1n) is 11.2. The number of rotatable bonds is 4. The second-order valence-electron chi connectivity index (χ2n) is 8.92. The molecule has 0 N–H and O–H groups in total. The first kappa shape index (κ1) is 22.6. The Morgan fingerprint density at radius 3 is 2.29 bits per heavy atom. The Morgan fingerprint density at radius 2 is 1.79 bits per heavy atom. The molecule has 28 heavy (non-hydrogen) atoms. The molecule has 1 amide bonds. The molecule has 1 saturated heterocycles. The van der Waals surface area contributed by atoms with Crippen LogP contribution in [0.5, 0.6) is 0 Å². The molecule has 1 aromatic rings. The van der Waals surface area contributed by atoms with Crippen molar-refractivity contribution >= 4 is 11.5 Å². The topological polar surface area (TPSA) is 33.2 Å². The molecule has 156 valence electrons. The van der Waals surface area contributed by atoms with Crippen molar-refractivity contribution in [2.45, 2.75) is 85.5 Å². The van der Waals surface area contributed by atoms with Crippen LogP contribution in [0.25, 0.3) is 5.57 Å². The van der Waals surface area contributed by atoms with Crippen molar-refractivity contribution < 1.29 is 4.79 Å². The summed E-state index contributed by atoms with van der Waals surface area (Å²) in [7, 11) is 0. The van der Waals surface area contributed by atoms with E-state index in [4.69, 9.17) is 0 Å². The number of carbonyl (C=O) groups excluding carboxylic acids is 1. The summed E-state index contributed by atoms with van der Waals surface area (Å²) in [4.78, 5) is 17.7. The molecular formula is C25H40N2O. The molecule has 2 heterocycles. The van der Waals surface area contributed by atoms with E-state index >= 15 is 0 Å². The number of likely N-dealkylation sites (tertiary alicyclic amines) is 1. The normalized spacial score (nSPS) is 18.4. The number of allylic oxidation sites excluding steroid dienone is 1. The van der Waals surface area contributed by atoms with Gasteiger partial charge in [0.05, 0.1) is 0 Å². The fraction of sp³-hybridized carbons (Fsp3) is 0.680. The van der Waals surface area contributed by atoms with E-state index in [0.29, 0.717) is 0 Å². The molecule has 2 aliphatic rings. The Morgan fingerprint density at radius 1 is 1.14 bits per heavy atom. The van der Waals surface area contributed by atoms with Crippen LogP contribution in [-0.4, -0.2) is 28.9 Å². The molecular weight excluding hydrogens is 344 g/mol. The number of pyridine rings is 1. The van der Waals surface area contributed by atoms with Gasteiger partial charge in [0.2, 0.25) is 5.91 Å². The van der Waals surface area contributed by atoms with Crippen LogP contribution >= 0.6 is 0 Å². The summed E-state index contributed by atoms with van der Waals surface area (Å²) in [5.74, 6) is 1.96. The molecule has 0 radical (unpaired) electrons. The van der Waals surface area contributed by atoms with Gasteiger partial charge in [0, 0.05) is 37.5 Å². The molecule has 0 spiro atoms. The van der Waals surface area contributed by atoms with Crippen LogP contribution in [0.15, 0.2) is 18.8 Å². The van der Waals surface area contributed by atoms with Gasteiger partial charge in [-0.1, -0.05) is 45.6 Å². The van der Waals surface area contributed by atoms with Crippen molar-refractivity contribution in [2.24, 2.45) is 11.8 Å². The van der Waals surface area contributed by atoms with E-state index in [0.717, 1.165) is 49.9 Å². The fourth-order valence-corrected chi connectivity index (χ4v) is 4.58. The molecule has 3 nitrogen and oxygen atoms in total. The van der Waals surface area contributed by atoms with Crippen LogP contribution in [0.1, 0.15) is 88.5 Å². The Bertz CT molecular complexity index is 618. The lowest BCUT2D eigenvalue weighted by Crippen LogP contribution is -2.36. The highest BCUT2D eigenvalue weighted by Gasteiger charge is 2.21. The highest BCUT2D eigenvalue weighted by molar-refractivity contribution is 5.73. The van der Waals surface area contributed by atoms with Crippen molar-refractivity contribution in [1.29, 1.82) is 0 Å². The summed E-state index contributed by atoms with van der Waals surface area (Å²) in [6, 6.07) is 2.05. The van der Waals surface area contributed by atoms with Gasteiger partial charge in [-0.05, 0) is 68.6 Å². The Balaban J connectivity index is 0.000000336. The molecule has 1 aliphatic heterocycles. The van der Waals surface area contributed by atoms with E-state index in [1.165, 1.54) is 55.2 Å². The lowest BCUT2D eigenvalue weighted by atomic mass is 9.88. The molecule has 0 unspecified atom stereocenters. The van der Waals surface area contributed by atoms with E-state index in [1.807, 2.05) is 11.1 Å². The van der Waals surface area contributed by atoms with Crippen LogP contribution < -0.4 is 0 Å². The smallest absolute Gasteiger partial charge is 0.219 e. The van der Waals surface area contributed by atoms with Gasteiger partial charge in [0.1, 0.15) is 0 Å². The average molecular weight is 385 g/mol. The molecule has 1 aliphatic carbocycles. The standard InChI is InChI=1S/C18H26N2O.C7H14/c1-13(18-14(2)7-10-19-15(18)3)5-6-17-8-11-20(12-9-17)16(4)21;1-7-5-3-2-4-6-7/h7,10,17H,1,5-6,8-9,11-12H2,2-4H3;7H,2-6H2,1H3. The van der Waals surface area contributed by atoms with Gasteiger partial charge in [-0.25, -0.2) is 0 Å². The predicted molar refractivity (Wildman–Crippen MR) is 119 cm³/mol. The number of carbonyl (C=O) groups is 1. The zero-order valence-electron chi connectivity index (χ0n) is 18.6. The van der Waals surface area contributed by atoms with Gasteiger partial charge >= 0.3 is 0 Å². The minimum Gasteiger partial charge on any atom is -0.343 e. The number of aromatic nitrogens is 1. The second-order valence-corrected chi connectivity index (χ2v) is 8.92. The fourth-order valence-electron chi connectivity index (χ4n) is 4.58. The zero-order chi connectivity index (χ0) is 20.5. The Hall–Kier alpha value is -1.64. The van der Waals surface area contributed by atoms with E-state index in [9.17, 15) is 4.79 Å². The maximum Gasteiger partial charge on any atom is 0.219 e. The van der Waals surface area contributed by atoms with Crippen LogP contribution in [0, 0.1) is 25.7 Å². The highest BCUT2D eigenvalue weighted by atomic mass is 16.2. The Labute approximate surface area is 172 Å². The summed E-state index contributed by atoms with van der Waals surface area (Å²) < 4.78 is 0. The third-order valence-corrected chi connectivity index (χ3v) is 6.51. The average Bonchev–Trinajstić information content (AvgIpc) is 2.67. The lowest BCUT2D eigenvalue weighted by Gasteiger charge is -2.31. The molecule has 0 aromatic carbocycles. The van der Waals surface area contributed by atoms with Crippen molar-refractivity contribution in [3.8, 4) is 0 Å². The van der Waals surface area contributed by atoms with Gasteiger partial charge in [0.25, 0.3) is 0 Å². The molecule has 2 fully saturated rings. The number of amides is 1. The van der Waals surface area contributed by atoms with E-state index < -0.39 is 0 Å². The molecule has 1 aromatic heterocycles. The summed E-state index contributed by atoms with van der Waals surface area (Å²) in [6.45, 7) is 14.3. The number of aryl methyl sites for hydroxylation is 2. The molecule has 3 heteroatoms. The third-order valence-electron chi connectivity index (χ3n) is 6.51. The number of nitrogens with zero attached hydrogens (tertiary/aromatic N) is 2. The predicted octanol–water partition coefficient (Wildman–Crippen LogP) is 6.34. The minimum atomic E-state index is 0.208. The number of piperidine rings is 1. The van der Waals surface area contributed by atoms with Gasteiger partial charge < -0.3 is 4.90 Å². The Kier molecular flexibility index (Phi) is 9.21. The molecule has 3 rings (SSSR count). The molecule has 0 bridgehead atoms. The largest absolute Gasteiger partial charge is 0.343 e. The van der Waals surface area contributed by atoms with Gasteiger partial charge in [-0.15, -0.1) is 0 Å². The zero-order valence-corrected chi connectivity index (χ0v) is 18.6. The van der Waals surface area contributed by atoms with Crippen LogP contribution in [0.4, 0.5) is 0 Å². The number of hydrogen-bond donors (Lipinski definition) is 0. The summed E-state index contributed by atoms with van der Waals surface area (Å²) in [5, 5.41) is 0. The minimum absolute atomic E-state index is 0.208. The SMILES string of the molecule is C=C(CCC1CCN(C(C)=O)CC1)c1c(C)ccnc1C.CC1CCCCC1. The summed E-state index contributed by atoms with van der Waals surface area (Å²) >= 11 is 0. The third kappa shape index (κ3) is 7.07. The van der Waals surface area contributed by atoms with Crippen molar-refractivity contribution in [1.82, 2.24) is 9.88 Å². The van der Waals surface area contributed by atoms with Crippen LogP contribution in [-0.2, 0) is 4.79 Å². The quantitative estimate of drug-likeness (QED) is 0.607. The van der Waals surface area contributed by atoms with Gasteiger partial charge in [-0.2, -0.15) is 0 Å². The van der Waals surface area contributed by atoms with Crippen LogP contribution in [0.3, 0.4) is 0 Å². The highest BCUT2D eigenvalue weighted by Crippen LogP contribution is 2.29. The first-order valence-corrected chi connectivity index (χ1v) is 11.2. The monoisotopic (exact) mass is 384 g/mol.